The molecule has 1 rings (SSSR count). The third-order valence-electron chi connectivity index (χ3n) is 1.38. The van der Waals surface area contributed by atoms with Crippen LogP contribution in [0.1, 0.15) is 0 Å². The Kier molecular flexibility index (Phi) is 1.81. The van der Waals surface area contributed by atoms with Crippen LogP contribution >= 0.6 is 23.2 Å². The molecule has 1 aliphatic rings. The van der Waals surface area contributed by atoms with E-state index in [0.29, 0.717) is 0 Å². The average molecular weight is 179 g/mol. The molecule has 0 spiro atoms. The van der Waals surface area contributed by atoms with Crippen molar-refractivity contribution in [1.29, 1.82) is 0 Å². The van der Waals surface area contributed by atoms with E-state index < -0.39 is 10.00 Å². The van der Waals surface area contributed by atoms with Gasteiger partial charge in [0.05, 0.1) is 0 Å². The van der Waals surface area contributed by atoms with Gasteiger partial charge in [-0.05, 0) is 12.2 Å². The first-order valence-electron chi connectivity index (χ1n) is 2.78. The minimum Gasteiger partial charge on any atom is -0.307 e. The molecular formula is C6H8Cl2N2. The SMILES string of the molecule is NC1(Cl)C=CC=CC1(N)Cl. The Hall–Kier alpha value is -0.0200. The first-order chi connectivity index (χ1) is 4.46. The Labute approximate surface area is 69.5 Å². The van der Waals surface area contributed by atoms with Crippen LogP contribution in [0.4, 0.5) is 0 Å². The standard InChI is InChI=1S/C6H8Cl2N2/c7-5(9)3-1-2-4-6(5,8)10/h1-4H,9-10H2. The van der Waals surface area contributed by atoms with Crippen LogP contribution in [0.15, 0.2) is 24.3 Å². The molecule has 2 nitrogen and oxygen atoms in total. The number of halogens is 2. The topological polar surface area (TPSA) is 52.0 Å². The van der Waals surface area contributed by atoms with E-state index in [1.807, 2.05) is 0 Å². The highest BCUT2D eigenvalue weighted by Gasteiger charge is 2.40. The molecule has 0 heterocycles. The number of rotatable bonds is 0. The Morgan fingerprint density at radius 2 is 1.20 bits per heavy atom. The summed E-state index contributed by atoms with van der Waals surface area (Å²) in [7, 11) is 0. The molecule has 0 saturated carbocycles. The zero-order valence-electron chi connectivity index (χ0n) is 5.22. The second kappa shape index (κ2) is 2.24. The normalized spacial score (nSPS) is 46.0. The number of hydrogen-bond acceptors (Lipinski definition) is 2. The summed E-state index contributed by atoms with van der Waals surface area (Å²) < 4.78 is 0. The maximum absolute atomic E-state index is 5.75. The highest BCUT2D eigenvalue weighted by Crippen LogP contribution is 2.31. The average Bonchev–Trinajstić information content (AvgIpc) is 1.77. The lowest BCUT2D eigenvalue weighted by molar-refractivity contribution is 0.577. The van der Waals surface area contributed by atoms with Crippen LogP contribution in [0.5, 0.6) is 0 Å². The molecular weight excluding hydrogens is 171 g/mol. The molecule has 0 aromatic rings. The molecule has 4 N–H and O–H groups in total. The summed E-state index contributed by atoms with van der Waals surface area (Å²) in [6, 6.07) is 0. The highest BCUT2D eigenvalue weighted by atomic mass is 35.5. The molecule has 56 valence electrons. The van der Waals surface area contributed by atoms with Crippen molar-refractivity contribution in [1.82, 2.24) is 0 Å². The molecule has 10 heavy (non-hydrogen) atoms. The largest absolute Gasteiger partial charge is 0.307 e. The van der Waals surface area contributed by atoms with Crippen molar-refractivity contribution in [3.8, 4) is 0 Å². The minimum atomic E-state index is -1.18. The minimum absolute atomic E-state index is 1.18. The lowest BCUT2D eigenvalue weighted by atomic mass is 10.0. The van der Waals surface area contributed by atoms with E-state index >= 15 is 0 Å². The maximum Gasteiger partial charge on any atom is 0.146 e. The fourth-order valence-electron chi connectivity index (χ4n) is 0.647. The predicted molar refractivity (Wildman–Crippen MR) is 43.8 cm³/mol. The smallest absolute Gasteiger partial charge is 0.146 e. The molecule has 0 aliphatic heterocycles. The van der Waals surface area contributed by atoms with Gasteiger partial charge in [0, 0.05) is 0 Å². The Bertz CT molecular complexity index is 172. The van der Waals surface area contributed by atoms with Gasteiger partial charge < -0.3 is 11.5 Å². The van der Waals surface area contributed by atoms with Crippen molar-refractivity contribution in [3.05, 3.63) is 24.3 Å². The van der Waals surface area contributed by atoms with Gasteiger partial charge in [-0.2, -0.15) is 0 Å². The third-order valence-corrected chi connectivity index (χ3v) is 2.35. The van der Waals surface area contributed by atoms with Crippen molar-refractivity contribution in [2.45, 2.75) is 10.00 Å². The van der Waals surface area contributed by atoms with Gasteiger partial charge in [0.15, 0.2) is 0 Å². The van der Waals surface area contributed by atoms with E-state index in [4.69, 9.17) is 34.7 Å². The van der Waals surface area contributed by atoms with Gasteiger partial charge in [0.25, 0.3) is 0 Å². The zero-order chi connectivity index (χ0) is 7.83. The van der Waals surface area contributed by atoms with E-state index in [2.05, 4.69) is 0 Å². The Balaban J connectivity index is 2.96. The van der Waals surface area contributed by atoms with Crippen molar-refractivity contribution in [3.63, 3.8) is 0 Å². The molecule has 2 unspecified atom stereocenters. The monoisotopic (exact) mass is 178 g/mol. The molecule has 0 fully saturated rings. The van der Waals surface area contributed by atoms with Gasteiger partial charge in [-0.25, -0.2) is 0 Å². The summed E-state index contributed by atoms with van der Waals surface area (Å²) in [6.45, 7) is 0. The number of nitrogens with two attached hydrogens (primary N) is 2. The first kappa shape index (κ1) is 8.08. The lowest BCUT2D eigenvalue weighted by Crippen LogP contribution is -2.57. The zero-order valence-corrected chi connectivity index (χ0v) is 6.73. The summed E-state index contributed by atoms with van der Waals surface area (Å²) in [4.78, 5) is -2.35. The van der Waals surface area contributed by atoms with Gasteiger partial charge in [-0.1, -0.05) is 35.4 Å². The number of allylic oxidation sites excluding steroid dienone is 2. The summed E-state index contributed by atoms with van der Waals surface area (Å²) in [5, 5.41) is 0. The molecule has 0 bridgehead atoms. The Morgan fingerprint density at radius 1 is 0.900 bits per heavy atom. The van der Waals surface area contributed by atoms with Crippen LogP contribution < -0.4 is 11.5 Å². The summed E-state index contributed by atoms with van der Waals surface area (Å²) in [5.41, 5.74) is 11.1. The van der Waals surface area contributed by atoms with Crippen molar-refractivity contribution >= 4 is 23.2 Å². The van der Waals surface area contributed by atoms with Crippen LogP contribution in [-0.4, -0.2) is 10.00 Å². The van der Waals surface area contributed by atoms with Crippen molar-refractivity contribution in [2.75, 3.05) is 0 Å². The van der Waals surface area contributed by atoms with E-state index in [1.54, 1.807) is 24.3 Å². The van der Waals surface area contributed by atoms with Crippen LogP contribution in [-0.2, 0) is 0 Å². The van der Waals surface area contributed by atoms with E-state index in [1.165, 1.54) is 0 Å². The molecule has 0 radical (unpaired) electrons. The van der Waals surface area contributed by atoms with Gasteiger partial charge >= 0.3 is 0 Å². The Morgan fingerprint density at radius 3 is 1.40 bits per heavy atom. The maximum atomic E-state index is 5.75. The number of hydrogen-bond donors (Lipinski definition) is 2. The van der Waals surface area contributed by atoms with Crippen LogP contribution in [0.2, 0.25) is 0 Å². The predicted octanol–water partition coefficient (Wildman–Crippen LogP) is 0.900. The summed E-state index contributed by atoms with van der Waals surface area (Å²) in [6.07, 6.45) is 6.53. The van der Waals surface area contributed by atoms with E-state index in [9.17, 15) is 0 Å². The van der Waals surface area contributed by atoms with Crippen LogP contribution in [0.25, 0.3) is 0 Å². The second-order valence-corrected chi connectivity index (χ2v) is 3.51. The first-order valence-corrected chi connectivity index (χ1v) is 3.54. The highest BCUT2D eigenvalue weighted by molar-refractivity contribution is 6.36. The quantitative estimate of drug-likeness (QED) is 0.428. The molecule has 0 aromatic heterocycles. The van der Waals surface area contributed by atoms with Gasteiger partial charge in [0.2, 0.25) is 0 Å². The van der Waals surface area contributed by atoms with Gasteiger partial charge in [-0.3, -0.25) is 0 Å². The molecule has 0 saturated heterocycles. The molecule has 0 amide bonds. The summed E-state index contributed by atoms with van der Waals surface area (Å²) >= 11 is 11.5. The van der Waals surface area contributed by atoms with E-state index in [-0.39, 0.29) is 0 Å². The van der Waals surface area contributed by atoms with Gasteiger partial charge in [0.1, 0.15) is 10.00 Å². The summed E-state index contributed by atoms with van der Waals surface area (Å²) in [5.74, 6) is 0. The van der Waals surface area contributed by atoms with E-state index in [0.717, 1.165) is 0 Å². The molecule has 0 aromatic carbocycles. The third kappa shape index (κ3) is 1.20. The molecule has 1 aliphatic carbocycles. The van der Waals surface area contributed by atoms with Crippen LogP contribution in [0.3, 0.4) is 0 Å². The van der Waals surface area contributed by atoms with Gasteiger partial charge in [-0.15, -0.1) is 0 Å². The van der Waals surface area contributed by atoms with Crippen LogP contribution in [0, 0.1) is 0 Å². The fraction of sp³-hybridized carbons (Fsp3) is 0.333. The fourth-order valence-corrected chi connectivity index (χ4v) is 0.918. The van der Waals surface area contributed by atoms with Crippen molar-refractivity contribution < 1.29 is 0 Å². The number of alkyl halides is 2. The van der Waals surface area contributed by atoms with Crippen molar-refractivity contribution in [2.24, 2.45) is 11.5 Å². The lowest BCUT2D eigenvalue weighted by Gasteiger charge is -2.33. The molecule has 2 atom stereocenters. The second-order valence-electron chi connectivity index (χ2n) is 2.25. The molecule has 4 heteroatoms.